The standard InChI is InChI=1S/C14H14N2O2/c1-3-4-13-15-12(14(18)16(13)2)9-10-5-7-11(17)8-6-10/h3-9,17H,1-2H3/b4-3+,12-9-. The summed E-state index contributed by atoms with van der Waals surface area (Å²) in [6.07, 6.45) is 5.33. The number of aliphatic imine (C=N–C) groups is 1. The van der Waals surface area contributed by atoms with Gasteiger partial charge in [0.05, 0.1) is 0 Å². The third-order valence-electron chi connectivity index (χ3n) is 2.61. The first-order valence-electron chi connectivity index (χ1n) is 5.62. The molecule has 1 aliphatic rings. The summed E-state index contributed by atoms with van der Waals surface area (Å²) < 4.78 is 0. The number of allylic oxidation sites excluding steroid dienone is 1. The van der Waals surface area contributed by atoms with Crippen LogP contribution in [0.2, 0.25) is 0 Å². The summed E-state index contributed by atoms with van der Waals surface area (Å²) >= 11 is 0. The Balaban J connectivity index is 2.33. The molecule has 1 aromatic rings. The fourth-order valence-corrected chi connectivity index (χ4v) is 1.64. The van der Waals surface area contributed by atoms with Crippen molar-refractivity contribution in [2.45, 2.75) is 6.92 Å². The van der Waals surface area contributed by atoms with Gasteiger partial charge in [0.25, 0.3) is 5.91 Å². The predicted molar refractivity (Wildman–Crippen MR) is 71.1 cm³/mol. The average molecular weight is 242 g/mol. The molecule has 0 unspecified atom stereocenters. The normalized spacial score (nSPS) is 17.9. The van der Waals surface area contributed by atoms with Crippen LogP contribution in [0.3, 0.4) is 0 Å². The largest absolute Gasteiger partial charge is 0.508 e. The SMILES string of the molecule is C/C=C/C1=NC(=C\c2ccc(O)cc2)/C(=O)N1C. The van der Waals surface area contributed by atoms with Crippen LogP contribution < -0.4 is 0 Å². The van der Waals surface area contributed by atoms with E-state index in [2.05, 4.69) is 4.99 Å². The Morgan fingerprint density at radius 1 is 1.28 bits per heavy atom. The maximum atomic E-state index is 11.9. The number of phenolic OH excluding ortho intramolecular Hbond substituents is 1. The molecule has 0 saturated carbocycles. The minimum atomic E-state index is -0.129. The summed E-state index contributed by atoms with van der Waals surface area (Å²) in [4.78, 5) is 17.7. The minimum absolute atomic E-state index is 0.129. The van der Waals surface area contributed by atoms with Gasteiger partial charge in [-0.05, 0) is 36.8 Å². The predicted octanol–water partition coefficient (Wildman–Crippen LogP) is 2.18. The molecule has 1 amide bonds. The second-order valence-corrected chi connectivity index (χ2v) is 3.96. The molecule has 0 bridgehead atoms. The van der Waals surface area contributed by atoms with E-state index in [9.17, 15) is 9.90 Å². The number of phenols is 1. The fraction of sp³-hybridized carbons (Fsp3) is 0.143. The highest BCUT2D eigenvalue weighted by Crippen LogP contribution is 2.18. The second kappa shape index (κ2) is 4.87. The number of hydrogen-bond donors (Lipinski definition) is 1. The maximum Gasteiger partial charge on any atom is 0.277 e. The van der Waals surface area contributed by atoms with Crippen LogP contribution in [0.1, 0.15) is 12.5 Å². The van der Waals surface area contributed by atoms with E-state index >= 15 is 0 Å². The molecule has 0 aromatic heterocycles. The van der Waals surface area contributed by atoms with Crippen LogP contribution in [-0.2, 0) is 4.79 Å². The average Bonchev–Trinajstić information content (AvgIpc) is 2.61. The Labute approximate surface area is 106 Å². The first-order valence-corrected chi connectivity index (χ1v) is 5.62. The molecule has 0 fully saturated rings. The molecule has 2 rings (SSSR count). The van der Waals surface area contributed by atoms with Gasteiger partial charge in [0, 0.05) is 7.05 Å². The molecule has 0 radical (unpaired) electrons. The molecule has 1 aromatic carbocycles. The third-order valence-corrected chi connectivity index (χ3v) is 2.61. The van der Waals surface area contributed by atoms with E-state index in [1.807, 2.05) is 13.0 Å². The van der Waals surface area contributed by atoms with Gasteiger partial charge < -0.3 is 5.11 Å². The minimum Gasteiger partial charge on any atom is -0.508 e. The summed E-state index contributed by atoms with van der Waals surface area (Å²) in [7, 11) is 1.69. The zero-order chi connectivity index (χ0) is 13.1. The Bertz CT molecular complexity index is 554. The summed E-state index contributed by atoms with van der Waals surface area (Å²) in [6.45, 7) is 1.88. The van der Waals surface area contributed by atoms with Crippen molar-refractivity contribution in [1.29, 1.82) is 0 Å². The lowest BCUT2D eigenvalue weighted by Gasteiger charge is -2.06. The molecule has 0 aliphatic carbocycles. The van der Waals surface area contributed by atoms with E-state index in [0.717, 1.165) is 5.56 Å². The van der Waals surface area contributed by atoms with E-state index in [4.69, 9.17) is 0 Å². The van der Waals surface area contributed by atoms with Crippen molar-refractivity contribution >= 4 is 17.8 Å². The lowest BCUT2D eigenvalue weighted by atomic mass is 10.2. The second-order valence-electron chi connectivity index (χ2n) is 3.96. The van der Waals surface area contributed by atoms with Gasteiger partial charge in [0.15, 0.2) is 0 Å². The molecule has 0 saturated heterocycles. The zero-order valence-corrected chi connectivity index (χ0v) is 10.3. The Morgan fingerprint density at radius 2 is 1.94 bits per heavy atom. The van der Waals surface area contributed by atoms with E-state index < -0.39 is 0 Å². The van der Waals surface area contributed by atoms with Crippen molar-refractivity contribution in [2.24, 2.45) is 4.99 Å². The van der Waals surface area contributed by atoms with Gasteiger partial charge in [-0.25, -0.2) is 4.99 Å². The van der Waals surface area contributed by atoms with Crippen LogP contribution in [-0.4, -0.2) is 28.8 Å². The van der Waals surface area contributed by atoms with Crippen molar-refractivity contribution in [1.82, 2.24) is 4.90 Å². The summed E-state index contributed by atoms with van der Waals surface area (Å²) in [6, 6.07) is 6.62. The molecular formula is C14H14N2O2. The molecule has 4 nitrogen and oxygen atoms in total. The molecule has 0 spiro atoms. The highest BCUT2D eigenvalue weighted by molar-refractivity contribution is 6.17. The highest BCUT2D eigenvalue weighted by Gasteiger charge is 2.24. The van der Waals surface area contributed by atoms with Gasteiger partial charge in [-0.2, -0.15) is 0 Å². The van der Waals surface area contributed by atoms with Gasteiger partial charge in [-0.1, -0.05) is 18.2 Å². The van der Waals surface area contributed by atoms with Gasteiger partial charge in [0.1, 0.15) is 17.3 Å². The van der Waals surface area contributed by atoms with Crippen molar-refractivity contribution in [3.63, 3.8) is 0 Å². The van der Waals surface area contributed by atoms with Gasteiger partial charge >= 0.3 is 0 Å². The smallest absolute Gasteiger partial charge is 0.277 e. The number of nitrogens with zero attached hydrogens (tertiary/aromatic N) is 2. The number of benzene rings is 1. The van der Waals surface area contributed by atoms with Crippen molar-refractivity contribution in [3.8, 4) is 5.75 Å². The van der Waals surface area contributed by atoms with E-state index in [-0.39, 0.29) is 11.7 Å². The van der Waals surface area contributed by atoms with Gasteiger partial charge in [-0.15, -0.1) is 0 Å². The lowest BCUT2D eigenvalue weighted by Crippen LogP contribution is -2.26. The topological polar surface area (TPSA) is 52.9 Å². The van der Waals surface area contributed by atoms with E-state index in [1.54, 1.807) is 43.5 Å². The van der Waals surface area contributed by atoms with Crippen LogP contribution in [0.15, 0.2) is 47.1 Å². The molecule has 0 atom stereocenters. The number of amidine groups is 1. The summed E-state index contributed by atoms with van der Waals surface area (Å²) in [5.74, 6) is 0.703. The first-order chi connectivity index (χ1) is 8.61. The number of carbonyl (C=O) groups is 1. The van der Waals surface area contributed by atoms with Crippen LogP contribution in [0.5, 0.6) is 5.75 Å². The molecule has 1 N–H and O–H groups in total. The van der Waals surface area contributed by atoms with Gasteiger partial charge in [-0.3, -0.25) is 9.69 Å². The molecule has 18 heavy (non-hydrogen) atoms. The molecular weight excluding hydrogens is 228 g/mol. The van der Waals surface area contributed by atoms with Crippen LogP contribution in [0.4, 0.5) is 0 Å². The number of amides is 1. The van der Waals surface area contributed by atoms with Crippen LogP contribution in [0, 0.1) is 0 Å². The lowest BCUT2D eigenvalue weighted by molar-refractivity contribution is -0.121. The van der Waals surface area contributed by atoms with Crippen molar-refractivity contribution in [2.75, 3.05) is 7.05 Å². The molecule has 1 heterocycles. The van der Waals surface area contributed by atoms with E-state index in [1.165, 1.54) is 4.90 Å². The maximum absolute atomic E-state index is 11.9. The third kappa shape index (κ3) is 2.32. The zero-order valence-electron chi connectivity index (χ0n) is 10.3. The molecule has 4 heteroatoms. The Hall–Kier alpha value is -2.36. The number of likely N-dealkylation sites (N-methyl/N-ethyl adjacent to an activating group) is 1. The molecule has 92 valence electrons. The van der Waals surface area contributed by atoms with Crippen LogP contribution in [0.25, 0.3) is 6.08 Å². The van der Waals surface area contributed by atoms with Gasteiger partial charge in [0.2, 0.25) is 0 Å². The van der Waals surface area contributed by atoms with E-state index in [0.29, 0.717) is 11.5 Å². The number of rotatable bonds is 2. The number of hydrogen-bond acceptors (Lipinski definition) is 3. The molecule has 1 aliphatic heterocycles. The monoisotopic (exact) mass is 242 g/mol. The van der Waals surface area contributed by atoms with Crippen molar-refractivity contribution in [3.05, 3.63) is 47.7 Å². The van der Waals surface area contributed by atoms with Crippen molar-refractivity contribution < 1.29 is 9.90 Å². The van der Waals surface area contributed by atoms with Crippen LogP contribution >= 0.6 is 0 Å². The Morgan fingerprint density at radius 3 is 2.56 bits per heavy atom. The quantitative estimate of drug-likeness (QED) is 0.808. The fourth-order valence-electron chi connectivity index (χ4n) is 1.64. The Kier molecular flexibility index (Phi) is 3.28. The summed E-state index contributed by atoms with van der Waals surface area (Å²) in [5, 5.41) is 9.19. The first kappa shape index (κ1) is 12.1. The summed E-state index contributed by atoms with van der Waals surface area (Å²) in [5.41, 5.74) is 1.23. The number of carbonyl (C=O) groups excluding carboxylic acids is 1. The highest BCUT2D eigenvalue weighted by atomic mass is 16.3. The number of aromatic hydroxyl groups is 1.